The van der Waals surface area contributed by atoms with E-state index < -0.39 is 0 Å². The maximum atomic E-state index is 6.74. The van der Waals surface area contributed by atoms with E-state index in [2.05, 4.69) is 66.9 Å². The lowest BCUT2D eigenvalue weighted by Gasteiger charge is -2.21. The van der Waals surface area contributed by atoms with Crippen LogP contribution in [-0.2, 0) is 5.41 Å². The van der Waals surface area contributed by atoms with Crippen molar-refractivity contribution in [3.05, 3.63) is 100 Å². The van der Waals surface area contributed by atoms with Crippen LogP contribution in [0.1, 0.15) is 25.0 Å². The van der Waals surface area contributed by atoms with Gasteiger partial charge < -0.3 is 4.57 Å². The van der Waals surface area contributed by atoms with Crippen LogP contribution in [0.15, 0.2) is 78.9 Å². The Morgan fingerprint density at radius 3 is 2.27 bits per heavy atom. The second-order valence-electron chi connectivity index (χ2n) is 8.48. The van der Waals surface area contributed by atoms with Crippen LogP contribution < -0.4 is 0 Å². The molecule has 1 aliphatic rings. The standard InChI is InChI=1S/C27H19Cl2N/c1-27(2)18-9-4-3-8-16(18)24-19(27)15-14-17-25-21(29)11-7-13-23(25)30(26(17)24)22-12-6-5-10-20(22)28/h3-15H,1-2H3. The largest absolute Gasteiger partial charge is 0.307 e. The summed E-state index contributed by atoms with van der Waals surface area (Å²) in [6.07, 6.45) is 0. The Bertz CT molecular complexity index is 1490. The van der Waals surface area contributed by atoms with E-state index in [4.69, 9.17) is 23.2 Å². The predicted octanol–water partition coefficient (Wildman–Crippen LogP) is 8.40. The van der Waals surface area contributed by atoms with Crippen LogP contribution in [0.4, 0.5) is 0 Å². The molecule has 0 unspecified atom stereocenters. The Balaban J connectivity index is 1.91. The summed E-state index contributed by atoms with van der Waals surface area (Å²) < 4.78 is 2.29. The molecule has 0 bridgehead atoms. The van der Waals surface area contributed by atoms with Gasteiger partial charge in [0.2, 0.25) is 0 Å². The summed E-state index contributed by atoms with van der Waals surface area (Å²) in [4.78, 5) is 0. The molecule has 0 saturated heterocycles. The van der Waals surface area contributed by atoms with E-state index in [-0.39, 0.29) is 5.41 Å². The quantitative estimate of drug-likeness (QED) is 0.253. The molecule has 1 nitrogen and oxygen atoms in total. The molecule has 4 aromatic carbocycles. The number of benzene rings is 4. The van der Waals surface area contributed by atoms with Crippen molar-refractivity contribution in [2.45, 2.75) is 19.3 Å². The first-order valence-electron chi connectivity index (χ1n) is 10.1. The van der Waals surface area contributed by atoms with Crippen LogP contribution in [-0.4, -0.2) is 4.57 Å². The number of aromatic nitrogens is 1. The first-order chi connectivity index (χ1) is 14.5. The van der Waals surface area contributed by atoms with Crippen molar-refractivity contribution in [3.63, 3.8) is 0 Å². The van der Waals surface area contributed by atoms with Crippen molar-refractivity contribution in [1.29, 1.82) is 0 Å². The average molecular weight is 428 g/mol. The molecule has 0 amide bonds. The van der Waals surface area contributed by atoms with Crippen LogP contribution in [0.3, 0.4) is 0 Å². The topological polar surface area (TPSA) is 4.93 Å². The first-order valence-corrected chi connectivity index (χ1v) is 10.9. The molecule has 3 heteroatoms. The molecule has 0 N–H and O–H groups in total. The number of nitrogens with zero attached hydrogens (tertiary/aromatic N) is 1. The Hall–Kier alpha value is -2.74. The molecule has 146 valence electrons. The van der Waals surface area contributed by atoms with Crippen LogP contribution in [0.5, 0.6) is 0 Å². The van der Waals surface area contributed by atoms with Crippen LogP contribution in [0, 0.1) is 0 Å². The van der Waals surface area contributed by atoms with Crippen LogP contribution in [0.2, 0.25) is 10.0 Å². The molecule has 0 aliphatic heterocycles. The summed E-state index contributed by atoms with van der Waals surface area (Å²) in [6, 6.07) is 27.4. The summed E-state index contributed by atoms with van der Waals surface area (Å²) in [5, 5.41) is 3.70. The second-order valence-corrected chi connectivity index (χ2v) is 9.29. The normalized spacial score (nSPS) is 14.3. The zero-order valence-corrected chi connectivity index (χ0v) is 18.2. The third kappa shape index (κ3) is 2.20. The number of halogens is 2. The number of hydrogen-bond donors (Lipinski definition) is 0. The van der Waals surface area contributed by atoms with E-state index in [0.29, 0.717) is 0 Å². The maximum Gasteiger partial charge on any atom is 0.0648 e. The Labute approximate surface area is 185 Å². The highest BCUT2D eigenvalue weighted by molar-refractivity contribution is 6.39. The molecule has 30 heavy (non-hydrogen) atoms. The van der Waals surface area contributed by atoms with E-state index in [1.54, 1.807) is 0 Å². The monoisotopic (exact) mass is 427 g/mol. The van der Waals surface area contributed by atoms with Gasteiger partial charge in [-0.1, -0.05) is 91.6 Å². The summed E-state index contributed by atoms with van der Waals surface area (Å²) in [5.74, 6) is 0. The molecule has 1 heterocycles. The lowest BCUT2D eigenvalue weighted by atomic mass is 9.82. The van der Waals surface area contributed by atoms with Gasteiger partial charge >= 0.3 is 0 Å². The van der Waals surface area contributed by atoms with Crippen molar-refractivity contribution < 1.29 is 0 Å². The van der Waals surface area contributed by atoms with Crippen LogP contribution >= 0.6 is 23.2 Å². The number of fused-ring (bicyclic) bond motifs is 7. The minimum Gasteiger partial charge on any atom is -0.307 e. The average Bonchev–Trinajstić information content (AvgIpc) is 3.20. The van der Waals surface area contributed by atoms with E-state index in [0.717, 1.165) is 32.0 Å². The van der Waals surface area contributed by atoms with Gasteiger partial charge in [-0.25, -0.2) is 0 Å². The molecule has 0 atom stereocenters. The lowest BCUT2D eigenvalue weighted by Crippen LogP contribution is -2.14. The third-order valence-corrected chi connectivity index (χ3v) is 7.17. The SMILES string of the molecule is CC1(C)c2ccccc2-c2c1ccc1c3c(Cl)cccc3n(-c3ccccc3Cl)c21. The van der Waals surface area contributed by atoms with E-state index in [1.807, 2.05) is 30.3 Å². The summed E-state index contributed by atoms with van der Waals surface area (Å²) in [7, 11) is 0. The molecule has 0 saturated carbocycles. The third-order valence-electron chi connectivity index (χ3n) is 6.54. The smallest absolute Gasteiger partial charge is 0.0648 e. The lowest BCUT2D eigenvalue weighted by molar-refractivity contribution is 0.661. The molecule has 0 spiro atoms. The summed E-state index contributed by atoms with van der Waals surface area (Å²) in [6.45, 7) is 4.61. The zero-order valence-electron chi connectivity index (χ0n) is 16.7. The van der Waals surface area contributed by atoms with Crippen molar-refractivity contribution in [3.8, 4) is 16.8 Å². The highest BCUT2D eigenvalue weighted by Crippen LogP contribution is 2.53. The van der Waals surface area contributed by atoms with Gasteiger partial charge in [0, 0.05) is 21.8 Å². The Kier molecular flexibility index (Phi) is 3.69. The Morgan fingerprint density at radius 1 is 0.700 bits per heavy atom. The predicted molar refractivity (Wildman–Crippen MR) is 128 cm³/mol. The van der Waals surface area contributed by atoms with Gasteiger partial charge in [-0.2, -0.15) is 0 Å². The minimum absolute atomic E-state index is 0.0638. The molecular formula is C27H19Cl2N. The number of hydrogen-bond acceptors (Lipinski definition) is 0. The fourth-order valence-electron chi connectivity index (χ4n) is 5.18. The molecule has 0 fully saturated rings. The highest BCUT2D eigenvalue weighted by atomic mass is 35.5. The maximum absolute atomic E-state index is 6.74. The first kappa shape index (κ1) is 18.1. The molecule has 5 aromatic rings. The van der Waals surface area contributed by atoms with Crippen LogP contribution in [0.25, 0.3) is 38.6 Å². The fraction of sp³-hybridized carbons (Fsp3) is 0.111. The molecule has 6 rings (SSSR count). The molecular weight excluding hydrogens is 409 g/mol. The van der Waals surface area contributed by atoms with E-state index >= 15 is 0 Å². The number of para-hydroxylation sites is 1. The van der Waals surface area contributed by atoms with Gasteiger partial charge in [0.05, 0.1) is 26.8 Å². The van der Waals surface area contributed by atoms with E-state index in [9.17, 15) is 0 Å². The minimum atomic E-state index is -0.0638. The van der Waals surface area contributed by atoms with Crippen molar-refractivity contribution in [2.75, 3.05) is 0 Å². The highest BCUT2D eigenvalue weighted by Gasteiger charge is 2.37. The summed E-state index contributed by atoms with van der Waals surface area (Å²) >= 11 is 13.4. The number of rotatable bonds is 1. The second kappa shape index (κ2) is 6.14. The zero-order chi connectivity index (χ0) is 20.6. The van der Waals surface area contributed by atoms with Crippen molar-refractivity contribution in [1.82, 2.24) is 4.57 Å². The Morgan fingerprint density at radius 2 is 1.43 bits per heavy atom. The van der Waals surface area contributed by atoms with Gasteiger partial charge in [-0.3, -0.25) is 0 Å². The van der Waals surface area contributed by atoms with Crippen molar-refractivity contribution in [2.24, 2.45) is 0 Å². The van der Waals surface area contributed by atoms with Gasteiger partial charge in [-0.05, 0) is 41.0 Å². The van der Waals surface area contributed by atoms with Gasteiger partial charge in [0.25, 0.3) is 0 Å². The van der Waals surface area contributed by atoms with E-state index in [1.165, 1.54) is 27.8 Å². The molecule has 1 aromatic heterocycles. The van der Waals surface area contributed by atoms with Gasteiger partial charge in [-0.15, -0.1) is 0 Å². The molecule has 1 aliphatic carbocycles. The van der Waals surface area contributed by atoms with Gasteiger partial charge in [0.15, 0.2) is 0 Å². The van der Waals surface area contributed by atoms with Gasteiger partial charge in [0.1, 0.15) is 0 Å². The fourth-order valence-corrected chi connectivity index (χ4v) is 5.67. The van der Waals surface area contributed by atoms with Crippen molar-refractivity contribution >= 4 is 45.0 Å². The molecule has 0 radical (unpaired) electrons. The summed E-state index contributed by atoms with van der Waals surface area (Å²) in [5.41, 5.74) is 8.40.